The second kappa shape index (κ2) is 7.57. The number of aryl methyl sites for hydroxylation is 1. The SMILES string of the molecule is Cn1ccc2c(Cc3cc4c(=O)n(C5CCOCC5)cnc4c4ccccc34)ccnc21. The Bertz CT molecular complexity index is 1530. The van der Waals surface area contributed by atoms with Gasteiger partial charge in [0.25, 0.3) is 5.56 Å². The quantitative estimate of drug-likeness (QED) is 0.403. The first-order valence-electron chi connectivity index (χ1n) is 11.1. The third-order valence-electron chi connectivity index (χ3n) is 6.70. The van der Waals surface area contributed by atoms with Crippen LogP contribution in [0.1, 0.15) is 30.0 Å². The van der Waals surface area contributed by atoms with E-state index in [9.17, 15) is 4.79 Å². The highest BCUT2D eigenvalue weighted by Gasteiger charge is 2.19. The number of hydrogen-bond acceptors (Lipinski definition) is 4. The van der Waals surface area contributed by atoms with Gasteiger partial charge in [0, 0.05) is 49.5 Å². The first-order valence-corrected chi connectivity index (χ1v) is 11.1. The number of hydrogen-bond donors (Lipinski definition) is 0. The standard InChI is InChI=1S/C26H24N4O2/c1-29-11-7-21-17(6-10-27-25(21)29)14-18-15-23-24(22-5-3-2-4-20(18)22)28-16-30(26(23)31)19-8-12-32-13-9-19/h2-7,10-11,15-16,19H,8-9,12-14H2,1H3. The van der Waals surface area contributed by atoms with Crippen LogP contribution in [0.4, 0.5) is 0 Å². The highest BCUT2D eigenvalue weighted by molar-refractivity contribution is 6.06. The molecular weight excluding hydrogens is 400 g/mol. The summed E-state index contributed by atoms with van der Waals surface area (Å²) in [6, 6.07) is 14.6. The molecule has 0 aliphatic carbocycles. The summed E-state index contributed by atoms with van der Waals surface area (Å²) < 4.78 is 9.33. The Morgan fingerprint density at radius 2 is 1.78 bits per heavy atom. The van der Waals surface area contributed by atoms with Crippen molar-refractivity contribution in [3.8, 4) is 0 Å². The lowest BCUT2D eigenvalue weighted by Crippen LogP contribution is -2.29. The fourth-order valence-electron chi connectivity index (χ4n) is 5.00. The summed E-state index contributed by atoms with van der Waals surface area (Å²) in [7, 11) is 2.01. The van der Waals surface area contributed by atoms with Gasteiger partial charge in [0.05, 0.1) is 17.2 Å². The van der Waals surface area contributed by atoms with E-state index in [2.05, 4.69) is 35.3 Å². The first kappa shape index (κ1) is 19.2. The fraction of sp³-hybridized carbons (Fsp3) is 0.269. The van der Waals surface area contributed by atoms with Gasteiger partial charge >= 0.3 is 0 Å². The Morgan fingerprint density at radius 3 is 2.62 bits per heavy atom. The molecule has 0 bridgehead atoms. The molecule has 5 aromatic rings. The van der Waals surface area contributed by atoms with Crippen molar-refractivity contribution in [2.24, 2.45) is 7.05 Å². The molecule has 6 nitrogen and oxygen atoms in total. The molecule has 32 heavy (non-hydrogen) atoms. The molecular formula is C26H24N4O2. The maximum absolute atomic E-state index is 13.6. The zero-order valence-corrected chi connectivity index (χ0v) is 18.0. The molecule has 0 atom stereocenters. The molecule has 0 amide bonds. The van der Waals surface area contributed by atoms with Crippen LogP contribution in [0.2, 0.25) is 0 Å². The van der Waals surface area contributed by atoms with Crippen LogP contribution >= 0.6 is 0 Å². The van der Waals surface area contributed by atoms with Crippen LogP contribution in [-0.4, -0.2) is 32.3 Å². The molecule has 1 fully saturated rings. The fourth-order valence-corrected chi connectivity index (χ4v) is 5.00. The van der Waals surface area contributed by atoms with E-state index in [1.807, 2.05) is 40.7 Å². The van der Waals surface area contributed by atoms with Crippen molar-refractivity contribution in [3.05, 3.63) is 82.7 Å². The smallest absolute Gasteiger partial charge is 0.261 e. The van der Waals surface area contributed by atoms with Gasteiger partial charge in [-0.05, 0) is 54.0 Å². The maximum atomic E-state index is 13.6. The molecule has 1 saturated heterocycles. The van der Waals surface area contributed by atoms with Crippen molar-refractivity contribution >= 4 is 32.7 Å². The van der Waals surface area contributed by atoms with Crippen LogP contribution < -0.4 is 5.56 Å². The van der Waals surface area contributed by atoms with E-state index in [4.69, 9.17) is 9.72 Å². The van der Waals surface area contributed by atoms with Gasteiger partial charge in [-0.2, -0.15) is 0 Å². The monoisotopic (exact) mass is 424 g/mol. The van der Waals surface area contributed by atoms with Crippen molar-refractivity contribution in [1.82, 2.24) is 19.1 Å². The molecule has 0 unspecified atom stereocenters. The van der Waals surface area contributed by atoms with Gasteiger partial charge < -0.3 is 9.30 Å². The summed E-state index contributed by atoms with van der Waals surface area (Å²) in [6.45, 7) is 1.38. The Labute approximate surface area is 185 Å². The summed E-state index contributed by atoms with van der Waals surface area (Å²) >= 11 is 0. The van der Waals surface area contributed by atoms with Crippen LogP contribution in [0.15, 0.2) is 66.0 Å². The lowest BCUT2D eigenvalue weighted by atomic mass is 9.95. The number of nitrogens with zero attached hydrogens (tertiary/aromatic N) is 4. The molecule has 160 valence electrons. The Morgan fingerprint density at radius 1 is 0.969 bits per heavy atom. The van der Waals surface area contributed by atoms with Gasteiger partial charge in [0.2, 0.25) is 0 Å². The zero-order valence-electron chi connectivity index (χ0n) is 18.0. The lowest BCUT2D eigenvalue weighted by Gasteiger charge is -2.24. The van der Waals surface area contributed by atoms with Gasteiger partial charge in [-0.3, -0.25) is 9.36 Å². The van der Waals surface area contributed by atoms with Gasteiger partial charge in [-0.25, -0.2) is 9.97 Å². The normalized spacial score (nSPS) is 15.2. The number of pyridine rings is 1. The van der Waals surface area contributed by atoms with Crippen LogP contribution in [0.3, 0.4) is 0 Å². The van der Waals surface area contributed by atoms with Crippen molar-refractivity contribution in [2.75, 3.05) is 13.2 Å². The largest absolute Gasteiger partial charge is 0.381 e. The molecule has 4 heterocycles. The second-order valence-corrected chi connectivity index (χ2v) is 8.59. The van der Waals surface area contributed by atoms with Gasteiger partial charge in [-0.1, -0.05) is 24.3 Å². The van der Waals surface area contributed by atoms with E-state index >= 15 is 0 Å². The summed E-state index contributed by atoms with van der Waals surface area (Å²) in [4.78, 5) is 22.8. The molecule has 3 aromatic heterocycles. The summed E-state index contributed by atoms with van der Waals surface area (Å²) in [5, 5.41) is 3.99. The highest BCUT2D eigenvalue weighted by atomic mass is 16.5. The third kappa shape index (κ3) is 3.02. The van der Waals surface area contributed by atoms with Crippen LogP contribution in [0.25, 0.3) is 32.7 Å². The van der Waals surface area contributed by atoms with Gasteiger partial charge in [0.1, 0.15) is 5.65 Å². The molecule has 1 aliphatic heterocycles. The zero-order chi connectivity index (χ0) is 21.7. The van der Waals surface area contributed by atoms with E-state index in [1.165, 1.54) is 5.56 Å². The Balaban J connectivity index is 1.56. The van der Waals surface area contributed by atoms with Crippen LogP contribution in [0.5, 0.6) is 0 Å². The molecule has 0 N–H and O–H groups in total. The molecule has 0 spiro atoms. The van der Waals surface area contributed by atoms with E-state index in [0.717, 1.165) is 52.1 Å². The molecule has 0 radical (unpaired) electrons. The second-order valence-electron chi connectivity index (χ2n) is 8.59. The number of benzene rings is 2. The predicted molar refractivity (Wildman–Crippen MR) is 126 cm³/mol. The molecule has 6 rings (SSSR count). The third-order valence-corrected chi connectivity index (χ3v) is 6.70. The number of fused-ring (bicyclic) bond motifs is 4. The summed E-state index contributed by atoms with van der Waals surface area (Å²) in [5.41, 5.74) is 4.11. The van der Waals surface area contributed by atoms with E-state index in [1.54, 1.807) is 6.33 Å². The van der Waals surface area contributed by atoms with Crippen molar-refractivity contribution in [2.45, 2.75) is 25.3 Å². The minimum atomic E-state index is 0.0356. The minimum Gasteiger partial charge on any atom is -0.381 e. The minimum absolute atomic E-state index is 0.0356. The summed E-state index contributed by atoms with van der Waals surface area (Å²) in [6.07, 6.45) is 8.04. The van der Waals surface area contributed by atoms with Crippen LogP contribution in [0, 0.1) is 0 Å². The Hall–Kier alpha value is -3.51. The van der Waals surface area contributed by atoms with Crippen LogP contribution in [-0.2, 0) is 18.2 Å². The van der Waals surface area contributed by atoms with Crippen molar-refractivity contribution < 1.29 is 4.74 Å². The van der Waals surface area contributed by atoms with Crippen molar-refractivity contribution in [1.29, 1.82) is 0 Å². The number of aromatic nitrogens is 4. The predicted octanol–water partition coefficient (Wildman–Crippen LogP) is 4.38. The first-order chi connectivity index (χ1) is 15.7. The van der Waals surface area contributed by atoms with Crippen molar-refractivity contribution in [3.63, 3.8) is 0 Å². The highest BCUT2D eigenvalue weighted by Crippen LogP contribution is 2.30. The lowest BCUT2D eigenvalue weighted by molar-refractivity contribution is 0.0685. The molecule has 6 heteroatoms. The maximum Gasteiger partial charge on any atom is 0.261 e. The molecule has 1 aliphatic rings. The van der Waals surface area contributed by atoms with Gasteiger partial charge in [-0.15, -0.1) is 0 Å². The average molecular weight is 425 g/mol. The average Bonchev–Trinajstić information content (AvgIpc) is 3.22. The topological polar surface area (TPSA) is 61.9 Å². The number of ether oxygens (including phenoxy) is 1. The molecule has 0 saturated carbocycles. The number of rotatable bonds is 3. The van der Waals surface area contributed by atoms with E-state index in [0.29, 0.717) is 18.6 Å². The summed E-state index contributed by atoms with van der Waals surface area (Å²) in [5.74, 6) is 0. The van der Waals surface area contributed by atoms with E-state index < -0.39 is 0 Å². The van der Waals surface area contributed by atoms with Gasteiger partial charge in [0.15, 0.2) is 0 Å². The van der Waals surface area contributed by atoms with E-state index in [-0.39, 0.29) is 11.6 Å². The Kier molecular flexibility index (Phi) is 4.54. The molecule has 2 aromatic carbocycles.